The molecule has 0 bridgehead atoms. The molecule has 0 aromatic heterocycles. The summed E-state index contributed by atoms with van der Waals surface area (Å²) in [5.41, 5.74) is 1.30. The summed E-state index contributed by atoms with van der Waals surface area (Å²) in [6.07, 6.45) is 1.88. The minimum absolute atomic E-state index is 0.395. The number of hydrogen-bond donors (Lipinski definition) is 0. The second-order valence-corrected chi connectivity index (χ2v) is 5.09. The van der Waals surface area contributed by atoms with Gasteiger partial charge in [-0.25, -0.2) is 0 Å². The van der Waals surface area contributed by atoms with Crippen molar-refractivity contribution in [2.24, 2.45) is 5.92 Å². The van der Waals surface area contributed by atoms with Gasteiger partial charge in [0, 0.05) is 19.0 Å². The van der Waals surface area contributed by atoms with Crippen LogP contribution in [0.4, 0.5) is 0 Å². The molecule has 0 N–H and O–H groups in total. The van der Waals surface area contributed by atoms with Crippen LogP contribution in [0.1, 0.15) is 32.3 Å². The zero-order valence-corrected chi connectivity index (χ0v) is 10.7. The van der Waals surface area contributed by atoms with Crippen LogP contribution in [-0.4, -0.2) is 23.3 Å². The Hall–Kier alpha value is -1.15. The van der Waals surface area contributed by atoms with E-state index in [1.54, 1.807) is 0 Å². The Morgan fingerprint density at radius 3 is 2.71 bits per heavy atom. The Bertz CT molecular complexity index is 374. The fourth-order valence-electron chi connectivity index (χ4n) is 2.59. The molecule has 92 valence electrons. The molecule has 1 fully saturated rings. The SMILES string of the molecule is CCC(C)C1CC(=O)CN1Cc1ccccc1. The second kappa shape index (κ2) is 5.46. The number of nitrogens with zero attached hydrogens (tertiary/aromatic N) is 1. The lowest BCUT2D eigenvalue weighted by molar-refractivity contribution is -0.117. The topological polar surface area (TPSA) is 20.3 Å². The smallest absolute Gasteiger partial charge is 0.148 e. The van der Waals surface area contributed by atoms with Crippen LogP contribution in [0.15, 0.2) is 30.3 Å². The first-order chi connectivity index (χ1) is 8.20. The molecule has 17 heavy (non-hydrogen) atoms. The van der Waals surface area contributed by atoms with Crippen LogP contribution in [0.3, 0.4) is 0 Å². The first-order valence-corrected chi connectivity index (χ1v) is 6.50. The molecule has 1 saturated heterocycles. The van der Waals surface area contributed by atoms with E-state index in [9.17, 15) is 4.79 Å². The Labute approximate surface area is 104 Å². The highest BCUT2D eigenvalue weighted by atomic mass is 16.1. The van der Waals surface area contributed by atoms with Crippen molar-refractivity contribution in [1.82, 2.24) is 4.90 Å². The third-order valence-electron chi connectivity index (χ3n) is 3.81. The molecule has 0 amide bonds. The van der Waals surface area contributed by atoms with E-state index >= 15 is 0 Å². The minimum Gasteiger partial charge on any atom is -0.298 e. The van der Waals surface area contributed by atoms with Crippen LogP contribution < -0.4 is 0 Å². The fraction of sp³-hybridized carbons (Fsp3) is 0.533. The summed E-state index contributed by atoms with van der Waals surface area (Å²) in [6, 6.07) is 10.9. The van der Waals surface area contributed by atoms with Crippen LogP contribution in [0.2, 0.25) is 0 Å². The van der Waals surface area contributed by atoms with Gasteiger partial charge in [-0.3, -0.25) is 9.69 Å². The number of benzene rings is 1. The Balaban J connectivity index is 2.06. The maximum absolute atomic E-state index is 11.6. The molecule has 2 heteroatoms. The summed E-state index contributed by atoms with van der Waals surface area (Å²) in [5, 5.41) is 0. The van der Waals surface area contributed by atoms with E-state index in [4.69, 9.17) is 0 Å². The van der Waals surface area contributed by atoms with E-state index in [-0.39, 0.29) is 0 Å². The molecule has 2 nitrogen and oxygen atoms in total. The van der Waals surface area contributed by atoms with Crippen molar-refractivity contribution in [2.75, 3.05) is 6.54 Å². The van der Waals surface area contributed by atoms with Gasteiger partial charge in [0.1, 0.15) is 5.78 Å². The molecule has 0 saturated carbocycles. The van der Waals surface area contributed by atoms with E-state index in [1.807, 2.05) is 6.07 Å². The van der Waals surface area contributed by atoms with Gasteiger partial charge in [0.05, 0.1) is 6.54 Å². The van der Waals surface area contributed by atoms with Crippen molar-refractivity contribution in [3.63, 3.8) is 0 Å². The molecule has 1 aromatic rings. The molecular formula is C15H21NO. The van der Waals surface area contributed by atoms with Crippen molar-refractivity contribution < 1.29 is 4.79 Å². The van der Waals surface area contributed by atoms with Crippen molar-refractivity contribution >= 4 is 5.78 Å². The van der Waals surface area contributed by atoms with Crippen LogP contribution >= 0.6 is 0 Å². The Morgan fingerprint density at radius 1 is 1.35 bits per heavy atom. The van der Waals surface area contributed by atoms with Gasteiger partial charge < -0.3 is 0 Å². The average molecular weight is 231 g/mol. The standard InChI is InChI=1S/C15H21NO/c1-3-12(2)15-9-14(17)11-16(15)10-13-7-5-4-6-8-13/h4-8,12,15H,3,9-11H2,1-2H3. The van der Waals surface area contributed by atoms with E-state index in [1.165, 1.54) is 5.56 Å². The summed E-state index contributed by atoms with van der Waals surface area (Å²) >= 11 is 0. The van der Waals surface area contributed by atoms with Gasteiger partial charge in [-0.05, 0) is 11.5 Å². The molecule has 2 rings (SSSR count). The summed E-state index contributed by atoms with van der Waals surface area (Å²) in [6.45, 7) is 5.99. The predicted molar refractivity (Wildman–Crippen MR) is 69.7 cm³/mol. The van der Waals surface area contributed by atoms with Crippen molar-refractivity contribution in [3.8, 4) is 0 Å². The fourth-order valence-corrected chi connectivity index (χ4v) is 2.59. The normalized spacial score (nSPS) is 22.9. The number of rotatable bonds is 4. The lowest BCUT2D eigenvalue weighted by Crippen LogP contribution is -2.33. The number of carbonyl (C=O) groups excluding carboxylic acids is 1. The van der Waals surface area contributed by atoms with Crippen LogP contribution in [0, 0.1) is 5.92 Å². The number of likely N-dealkylation sites (tertiary alicyclic amines) is 1. The van der Waals surface area contributed by atoms with E-state index in [2.05, 4.69) is 43.0 Å². The molecule has 0 spiro atoms. The summed E-state index contributed by atoms with van der Waals surface area (Å²) in [5.74, 6) is 0.997. The molecule has 1 aliphatic heterocycles. The zero-order chi connectivity index (χ0) is 12.3. The number of hydrogen-bond acceptors (Lipinski definition) is 2. The molecular weight excluding hydrogens is 210 g/mol. The number of Topliss-reactive ketones (excluding diaryl/α,β-unsaturated/α-hetero) is 1. The van der Waals surface area contributed by atoms with Crippen LogP contribution in [0.5, 0.6) is 0 Å². The number of carbonyl (C=O) groups is 1. The van der Waals surface area contributed by atoms with Gasteiger partial charge in [0.25, 0.3) is 0 Å². The van der Waals surface area contributed by atoms with Gasteiger partial charge in [-0.1, -0.05) is 50.6 Å². The third-order valence-corrected chi connectivity index (χ3v) is 3.81. The predicted octanol–water partition coefficient (Wildman–Crippen LogP) is 2.88. The molecule has 0 aliphatic carbocycles. The lowest BCUT2D eigenvalue weighted by Gasteiger charge is -2.28. The van der Waals surface area contributed by atoms with Gasteiger partial charge in [0.2, 0.25) is 0 Å². The van der Waals surface area contributed by atoms with Crippen molar-refractivity contribution in [2.45, 2.75) is 39.3 Å². The molecule has 0 radical (unpaired) electrons. The van der Waals surface area contributed by atoms with Crippen molar-refractivity contribution in [1.29, 1.82) is 0 Å². The first kappa shape index (κ1) is 12.3. The first-order valence-electron chi connectivity index (χ1n) is 6.50. The van der Waals surface area contributed by atoms with Crippen LogP contribution in [0.25, 0.3) is 0 Å². The highest BCUT2D eigenvalue weighted by molar-refractivity contribution is 5.83. The highest BCUT2D eigenvalue weighted by Crippen LogP contribution is 2.25. The third kappa shape index (κ3) is 2.95. The van der Waals surface area contributed by atoms with E-state index in [0.29, 0.717) is 24.3 Å². The monoisotopic (exact) mass is 231 g/mol. The van der Waals surface area contributed by atoms with Gasteiger partial charge in [-0.2, -0.15) is 0 Å². The number of ketones is 1. The molecule has 2 unspecified atom stereocenters. The van der Waals surface area contributed by atoms with Gasteiger partial charge in [0.15, 0.2) is 0 Å². The molecule has 1 heterocycles. The zero-order valence-electron chi connectivity index (χ0n) is 10.7. The minimum atomic E-state index is 0.395. The maximum atomic E-state index is 11.6. The largest absolute Gasteiger partial charge is 0.298 e. The summed E-state index contributed by atoms with van der Waals surface area (Å²) < 4.78 is 0. The van der Waals surface area contributed by atoms with E-state index < -0.39 is 0 Å². The quantitative estimate of drug-likeness (QED) is 0.794. The molecule has 1 aliphatic rings. The van der Waals surface area contributed by atoms with Gasteiger partial charge in [-0.15, -0.1) is 0 Å². The highest BCUT2D eigenvalue weighted by Gasteiger charge is 2.33. The Morgan fingerprint density at radius 2 is 2.06 bits per heavy atom. The van der Waals surface area contributed by atoms with Gasteiger partial charge >= 0.3 is 0 Å². The van der Waals surface area contributed by atoms with Crippen LogP contribution in [-0.2, 0) is 11.3 Å². The maximum Gasteiger partial charge on any atom is 0.148 e. The average Bonchev–Trinajstić information content (AvgIpc) is 2.70. The summed E-state index contributed by atoms with van der Waals surface area (Å²) in [7, 11) is 0. The Kier molecular flexibility index (Phi) is 3.95. The summed E-state index contributed by atoms with van der Waals surface area (Å²) in [4.78, 5) is 14.0. The second-order valence-electron chi connectivity index (χ2n) is 5.09. The van der Waals surface area contributed by atoms with E-state index in [0.717, 1.165) is 19.4 Å². The molecule has 1 aromatic carbocycles. The molecule has 2 atom stereocenters. The lowest BCUT2D eigenvalue weighted by atomic mass is 9.96. The van der Waals surface area contributed by atoms with Crippen molar-refractivity contribution in [3.05, 3.63) is 35.9 Å².